The van der Waals surface area contributed by atoms with Crippen molar-refractivity contribution in [2.75, 3.05) is 7.11 Å². The summed E-state index contributed by atoms with van der Waals surface area (Å²) in [6.45, 7) is 3.89. The molecule has 3 rings (SSSR count). The van der Waals surface area contributed by atoms with Gasteiger partial charge in [0.05, 0.1) is 25.7 Å². The lowest BCUT2D eigenvalue weighted by Gasteiger charge is -2.17. The molecule has 0 amide bonds. The second-order valence-corrected chi connectivity index (χ2v) is 5.77. The van der Waals surface area contributed by atoms with Gasteiger partial charge >= 0.3 is 5.97 Å². The molecule has 0 saturated heterocycles. The number of aryl methyl sites for hydroxylation is 1. The first-order valence-electron chi connectivity index (χ1n) is 8.04. The molecule has 0 aliphatic rings. The van der Waals surface area contributed by atoms with Crippen LogP contribution in [0.4, 0.5) is 0 Å². The quantitative estimate of drug-likeness (QED) is 0.521. The number of methoxy groups -OCH3 is 1. The predicted octanol–water partition coefficient (Wildman–Crippen LogP) is 4.03. The first-order chi connectivity index (χ1) is 12.1. The maximum atomic E-state index is 12.7. The second kappa shape index (κ2) is 7.21. The van der Waals surface area contributed by atoms with Gasteiger partial charge in [-0.2, -0.15) is 0 Å². The number of benzene rings is 2. The molecule has 2 aromatic carbocycles. The van der Waals surface area contributed by atoms with E-state index in [-0.39, 0.29) is 6.04 Å². The predicted molar refractivity (Wildman–Crippen MR) is 95.2 cm³/mol. The minimum Gasteiger partial charge on any atom is -0.493 e. The van der Waals surface area contributed by atoms with Crippen LogP contribution in [0.15, 0.2) is 61.1 Å². The van der Waals surface area contributed by atoms with Crippen LogP contribution in [0.1, 0.15) is 34.6 Å². The number of imidazole rings is 1. The van der Waals surface area contributed by atoms with E-state index in [9.17, 15) is 4.79 Å². The molecule has 0 bridgehead atoms. The summed E-state index contributed by atoms with van der Waals surface area (Å²) in [7, 11) is 1.55. The van der Waals surface area contributed by atoms with Gasteiger partial charge in [0.25, 0.3) is 0 Å². The fourth-order valence-electron chi connectivity index (χ4n) is 2.73. The Bertz CT molecular complexity index is 872. The molecule has 3 aromatic rings. The van der Waals surface area contributed by atoms with Crippen LogP contribution in [0, 0.1) is 6.92 Å². The van der Waals surface area contributed by atoms with Crippen molar-refractivity contribution in [3.05, 3.63) is 77.9 Å². The van der Waals surface area contributed by atoms with E-state index in [1.807, 2.05) is 60.9 Å². The van der Waals surface area contributed by atoms with Gasteiger partial charge in [-0.15, -0.1) is 0 Å². The van der Waals surface area contributed by atoms with Crippen LogP contribution in [0.5, 0.6) is 11.5 Å². The Hall–Kier alpha value is -3.08. The van der Waals surface area contributed by atoms with E-state index >= 15 is 0 Å². The number of esters is 1. The van der Waals surface area contributed by atoms with Crippen LogP contribution < -0.4 is 9.47 Å². The third kappa shape index (κ3) is 3.40. The minimum atomic E-state index is -0.465. The van der Waals surface area contributed by atoms with Crippen LogP contribution in [-0.2, 0) is 0 Å². The van der Waals surface area contributed by atoms with Gasteiger partial charge in [-0.3, -0.25) is 0 Å². The van der Waals surface area contributed by atoms with Crippen LogP contribution >= 0.6 is 0 Å². The number of aromatic nitrogens is 2. The highest BCUT2D eigenvalue weighted by molar-refractivity contribution is 5.89. The summed E-state index contributed by atoms with van der Waals surface area (Å²) in [6.07, 6.45) is 3.16. The lowest BCUT2D eigenvalue weighted by molar-refractivity contribution is 0.0716. The molecule has 5 heteroatoms. The van der Waals surface area contributed by atoms with Crippen molar-refractivity contribution in [3.8, 4) is 11.5 Å². The third-order valence-corrected chi connectivity index (χ3v) is 4.16. The molecule has 1 aromatic heterocycles. The van der Waals surface area contributed by atoms with E-state index in [0.717, 1.165) is 11.1 Å². The summed E-state index contributed by atoms with van der Waals surface area (Å²) in [4.78, 5) is 16.8. The van der Waals surface area contributed by atoms with Gasteiger partial charge in [0.1, 0.15) is 5.69 Å². The minimum absolute atomic E-state index is 0.0370. The lowest BCUT2D eigenvalue weighted by Crippen LogP contribution is -2.18. The number of carbonyl (C=O) groups is 1. The molecule has 0 radical (unpaired) electrons. The molecular formula is C20H20N2O3. The average molecular weight is 336 g/mol. The zero-order chi connectivity index (χ0) is 17.8. The van der Waals surface area contributed by atoms with Crippen molar-refractivity contribution in [1.82, 2.24) is 9.55 Å². The first-order valence-corrected chi connectivity index (χ1v) is 8.04. The van der Waals surface area contributed by atoms with E-state index < -0.39 is 5.97 Å². The zero-order valence-corrected chi connectivity index (χ0v) is 14.5. The number of rotatable bonds is 5. The monoisotopic (exact) mass is 336 g/mol. The Balaban J connectivity index is 1.89. The van der Waals surface area contributed by atoms with Crippen molar-refractivity contribution in [1.29, 1.82) is 0 Å². The molecule has 0 spiro atoms. The van der Waals surface area contributed by atoms with Crippen molar-refractivity contribution in [2.45, 2.75) is 19.9 Å². The van der Waals surface area contributed by atoms with E-state index in [1.165, 1.54) is 6.20 Å². The van der Waals surface area contributed by atoms with Gasteiger partial charge < -0.3 is 14.0 Å². The normalized spacial score (nSPS) is 11.8. The molecule has 0 aliphatic carbocycles. The summed E-state index contributed by atoms with van der Waals surface area (Å²) in [5.41, 5.74) is 2.31. The topological polar surface area (TPSA) is 53.4 Å². The molecule has 0 saturated carbocycles. The molecular weight excluding hydrogens is 316 g/mol. The molecule has 1 atom stereocenters. The maximum Gasteiger partial charge on any atom is 0.362 e. The van der Waals surface area contributed by atoms with Gasteiger partial charge in [-0.1, -0.05) is 42.5 Å². The van der Waals surface area contributed by atoms with Gasteiger partial charge in [-0.25, -0.2) is 9.78 Å². The first kappa shape index (κ1) is 16.8. The average Bonchev–Trinajstić information content (AvgIpc) is 3.13. The van der Waals surface area contributed by atoms with Gasteiger partial charge in [-0.05, 0) is 31.0 Å². The Kier molecular flexibility index (Phi) is 4.84. The third-order valence-electron chi connectivity index (χ3n) is 4.16. The highest BCUT2D eigenvalue weighted by Crippen LogP contribution is 2.31. The number of carbonyl (C=O) groups excluding carboxylic acids is 1. The number of ether oxygens (including phenoxy) is 2. The molecule has 25 heavy (non-hydrogen) atoms. The maximum absolute atomic E-state index is 12.7. The molecule has 1 heterocycles. The summed E-state index contributed by atoms with van der Waals surface area (Å²) in [5.74, 6) is 0.485. The van der Waals surface area contributed by atoms with E-state index in [1.54, 1.807) is 19.5 Å². The van der Waals surface area contributed by atoms with E-state index in [0.29, 0.717) is 17.2 Å². The Morgan fingerprint density at radius 1 is 1.12 bits per heavy atom. The number of para-hydroxylation sites is 1. The van der Waals surface area contributed by atoms with Crippen molar-refractivity contribution < 1.29 is 14.3 Å². The fourth-order valence-corrected chi connectivity index (χ4v) is 2.73. The van der Waals surface area contributed by atoms with Crippen molar-refractivity contribution in [2.24, 2.45) is 0 Å². The highest BCUT2D eigenvalue weighted by Gasteiger charge is 2.21. The standard InChI is InChI=1S/C20H20N2O3/c1-14-8-7-11-18(24-3)19(14)25-20(23)17-12-21-13-22(17)15(2)16-9-5-4-6-10-16/h4-13,15H,1-3H3/t15-/m1/s1. The smallest absolute Gasteiger partial charge is 0.362 e. The second-order valence-electron chi connectivity index (χ2n) is 5.77. The Morgan fingerprint density at radius 3 is 2.60 bits per heavy atom. The van der Waals surface area contributed by atoms with E-state index in [4.69, 9.17) is 9.47 Å². The molecule has 0 aliphatic heterocycles. The summed E-state index contributed by atoms with van der Waals surface area (Å²) >= 11 is 0. The molecule has 0 fully saturated rings. The van der Waals surface area contributed by atoms with Crippen LogP contribution in [-0.4, -0.2) is 22.6 Å². The van der Waals surface area contributed by atoms with Crippen molar-refractivity contribution in [3.63, 3.8) is 0 Å². The van der Waals surface area contributed by atoms with Crippen molar-refractivity contribution >= 4 is 5.97 Å². The highest BCUT2D eigenvalue weighted by atomic mass is 16.6. The Labute approximate surface area is 146 Å². The lowest BCUT2D eigenvalue weighted by atomic mass is 10.1. The summed E-state index contributed by atoms with van der Waals surface area (Å²) < 4.78 is 12.7. The largest absolute Gasteiger partial charge is 0.493 e. The molecule has 5 nitrogen and oxygen atoms in total. The van der Waals surface area contributed by atoms with Crippen LogP contribution in [0.3, 0.4) is 0 Å². The van der Waals surface area contributed by atoms with Crippen LogP contribution in [0.2, 0.25) is 0 Å². The van der Waals surface area contributed by atoms with Gasteiger partial charge in [0.15, 0.2) is 11.5 Å². The SMILES string of the molecule is COc1cccc(C)c1OC(=O)c1cncn1[C@H](C)c1ccccc1. The number of hydrogen-bond acceptors (Lipinski definition) is 4. The summed E-state index contributed by atoms with van der Waals surface area (Å²) in [5, 5.41) is 0. The van der Waals surface area contributed by atoms with E-state index in [2.05, 4.69) is 4.98 Å². The zero-order valence-electron chi connectivity index (χ0n) is 14.5. The van der Waals surface area contributed by atoms with Crippen LogP contribution in [0.25, 0.3) is 0 Å². The molecule has 128 valence electrons. The Morgan fingerprint density at radius 2 is 1.88 bits per heavy atom. The fraction of sp³-hybridized carbons (Fsp3) is 0.200. The molecule has 0 unspecified atom stereocenters. The van der Waals surface area contributed by atoms with Gasteiger partial charge in [0.2, 0.25) is 0 Å². The molecule has 0 N–H and O–H groups in total. The summed E-state index contributed by atoms with van der Waals surface area (Å²) in [6, 6.07) is 15.4. The van der Waals surface area contributed by atoms with Gasteiger partial charge in [0, 0.05) is 0 Å². The number of nitrogens with zero attached hydrogens (tertiary/aromatic N) is 2. The number of hydrogen-bond donors (Lipinski definition) is 0.